The quantitative estimate of drug-likeness (QED) is 0.418. The Labute approximate surface area is 200 Å². The van der Waals surface area contributed by atoms with Gasteiger partial charge in [-0.25, -0.2) is 22.4 Å². The van der Waals surface area contributed by atoms with Gasteiger partial charge in [0, 0.05) is 31.3 Å². The number of Topliss-reactive ketones (excluding diaryl/α,β-unsaturated/α-hetero) is 2. The average Bonchev–Trinajstić information content (AvgIpc) is 2.74. The van der Waals surface area contributed by atoms with Crippen LogP contribution in [0.15, 0.2) is 24.3 Å². The maximum atomic E-state index is 15.1. The number of carbonyl (C=O) groups excluding carboxylic acids is 3. The molecule has 6 nitrogen and oxygen atoms in total. The fourth-order valence-electron chi connectivity index (χ4n) is 3.94. The fourth-order valence-corrected chi connectivity index (χ4v) is 3.94. The minimum absolute atomic E-state index is 0.0289. The standard InChI is InChI=1S/C25H26F4N2O4/c1-13(32)15-8-19(27)17(10-18(15)26)23-12-30(6-7-31(23)24(34)35-25(3,4)5)22-11-20(28)16(14(2)33)9-21(22)29/h8-11,23H,6-7,12H2,1-5H3. The molecule has 0 aliphatic carbocycles. The molecule has 0 radical (unpaired) electrons. The maximum Gasteiger partial charge on any atom is 0.410 e. The predicted molar refractivity (Wildman–Crippen MR) is 121 cm³/mol. The van der Waals surface area contributed by atoms with Gasteiger partial charge in [-0.3, -0.25) is 14.5 Å². The maximum absolute atomic E-state index is 15.1. The first-order valence-corrected chi connectivity index (χ1v) is 10.9. The molecule has 2 aromatic carbocycles. The van der Waals surface area contributed by atoms with E-state index in [0.717, 1.165) is 38.1 Å². The Bertz CT molecular complexity index is 1190. The van der Waals surface area contributed by atoms with E-state index in [2.05, 4.69) is 0 Å². The van der Waals surface area contributed by atoms with E-state index in [9.17, 15) is 27.6 Å². The molecule has 0 N–H and O–H groups in total. The van der Waals surface area contributed by atoms with Gasteiger partial charge in [-0.1, -0.05) is 0 Å². The summed E-state index contributed by atoms with van der Waals surface area (Å²) < 4.78 is 64.4. The molecule has 1 aliphatic heterocycles. The molecule has 3 rings (SSSR count). The molecule has 1 amide bonds. The Morgan fingerprint density at radius 2 is 1.37 bits per heavy atom. The molecule has 0 bridgehead atoms. The monoisotopic (exact) mass is 494 g/mol. The summed E-state index contributed by atoms with van der Waals surface area (Å²) in [5.41, 5.74) is -2.18. The summed E-state index contributed by atoms with van der Waals surface area (Å²) in [6.07, 6.45) is -0.795. The average molecular weight is 494 g/mol. The summed E-state index contributed by atoms with van der Waals surface area (Å²) in [7, 11) is 0. The molecule has 35 heavy (non-hydrogen) atoms. The van der Waals surface area contributed by atoms with E-state index in [-0.39, 0.29) is 30.9 Å². The molecule has 10 heteroatoms. The van der Waals surface area contributed by atoms with E-state index in [1.54, 1.807) is 20.8 Å². The van der Waals surface area contributed by atoms with E-state index in [1.807, 2.05) is 0 Å². The van der Waals surface area contributed by atoms with Gasteiger partial charge in [0.1, 0.15) is 28.9 Å². The van der Waals surface area contributed by atoms with Gasteiger partial charge < -0.3 is 9.64 Å². The summed E-state index contributed by atoms with van der Waals surface area (Å²) in [5.74, 6) is -5.04. The smallest absolute Gasteiger partial charge is 0.410 e. The third kappa shape index (κ3) is 5.63. The zero-order chi connectivity index (χ0) is 26.2. The van der Waals surface area contributed by atoms with Crippen molar-refractivity contribution < 1.29 is 36.7 Å². The van der Waals surface area contributed by atoms with Crippen molar-refractivity contribution in [2.75, 3.05) is 24.5 Å². The molecule has 1 unspecified atom stereocenters. The van der Waals surface area contributed by atoms with Crippen molar-refractivity contribution in [1.29, 1.82) is 0 Å². The second-order valence-electron chi connectivity index (χ2n) is 9.38. The van der Waals surface area contributed by atoms with Crippen LogP contribution in [0.2, 0.25) is 0 Å². The first kappa shape index (κ1) is 26.2. The Balaban J connectivity index is 2.06. The summed E-state index contributed by atoms with van der Waals surface area (Å²) in [6, 6.07) is 2.07. The predicted octanol–water partition coefficient (Wildman–Crippen LogP) is 5.45. The van der Waals surface area contributed by atoms with Crippen molar-refractivity contribution in [3.05, 3.63) is 64.2 Å². The van der Waals surface area contributed by atoms with Crippen LogP contribution in [-0.2, 0) is 4.74 Å². The lowest BCUT2D eigenvalue weighted by Crippen LogP contribution is -2.52. The van der Waals surface area contributed by atoms with Crippen LogP contribution < -0.4 is 4.90 Å². The first-order chi connectivity index (χ1) is 16.2. The summed E-state index contributed by atoms with van der Waals surface area (Å²) in [5, 5.41) is 0. The first-order valence-electron chi connectivity index (χ1n) is 10.9. The molecule has 2 aromatic rings. The second-order valence-corrected chi connectivity index (χ2v) is 9.38. The van der Waals surface area contributed by atoms with Crippen molar-refractivity contribution in [2.24, 2.45) is 0 Å². The Hall–Kier alpha value is -3.43. The van der Waals surface area contributed by atoms with E-state index in [0.29, 0.717) is 0 Å². The van der Waals surface area contributed by atoms with Crippen LogP contribution in [0.25, 0.3) is 0 Å². The largest absolute Gasteiger partial charge is 0.444 e. The summed E-state index contributed by atoms with van der Waals surface area (Å²) in [4.78, 5) is 38.6. The number of piperazine rings is 1. The molecule has 1 heterocycles. The SMILES string of the molecule is CC(=O)c1cc(F)c(C2CN(c3cc(F)c(C(C)=O)cc3F)CCN2C(=O)OC(C)(C)C)cc1F. The molecule has 1 saturated heterocycles. The second kappa shape index (κ2) is 9.67. The highest BCUT2D eigenvalue weighted by Gasteiger charge is 2.37. The number of rotatable bonds is 4. The lowest BCUT2D eigenvalue weighted by atomic mass is 9.98. The van der Waals surface area contributed by atoms with Gasteiger partial charge in [0.2, 0.25) is 0 Å². The number of hydrogen-bond acceptors (Lipinski definition) is 5. The highest BCUT2D eigenvalue weighted by molar-refractivity contribution is 5.95. The number of hydrogen-bond donors (Lipinski definition) is 0. The van der Waals surface area contributed by atoms with Gasteiger partial charge >= 0.3 is 6.09 Å². The van der Waals surface area contributed by atoms with Gasteiger partial charge in [0.15, 0.2) is 11.6 Å². The minimum atomic E-state index is -1.15. The van der Waals surface area contributed by atoms with Crippen LogP contribution in [0.4, 0.5) is 28.0 Å². The number of ether oxygens (including phenoxy) is 1. The third-order valence-electron chi connectivity index (χ3n) is 5.59. The van der Waals surface area contributed by atoms with Crippen LogP contribution in [0.3, 0.4) is 0 Å². The lowest BCUT2D eigenvalue weighted by Gasteiger charge is -2.43. The third-order valence-corrected chi connectivity index (χ3v) is 5.59. The molecular weight excluding hydrogens is 468 g/mol. The topological polar surface area (TPSA) is 66.9 Å². The normalized spacial score (nSPS) is 16.3. The van der Waals surface area contributed by atoms with Crippen LogP contribution in [0.5, 0.6) is 0 Å². The molecule has 0 spiro atoms. The Morgan fingerprint density at radius 1 is 0.829 bits per heavy atom. The molecule has 1 atom stereocenters. The summed E-state index contributed by atoms with van der Waals surface area (Å²) in [6.45, 7) is 6.85. The van der Waals surface area contributed by atoms with Gasteiger partial charge in [-0.05, 0) is 52.8 Å². The molecule has 0 saturated carbocycles. The molecule has 0 aromatic heterocycles. The number of halogens is 4. The fraction of sp³-hybridized carbons (Fsp3) is 0.400. The highest BCUT2D eigenvalue weighted by Crippen LogP contribution is 2.34. The highest BCUT2D eigenvalue weighted by atomic mass is 19.1. The number of benzene rings is 2. The van der Waals surface area contributed by atoms with E-state index < -0.39 is 63.7 Å². The number of ketones is 2. The molecule has 1 aliphatic rings. The van der Waals surface area contributed by atoms with Crippen LogP contribution >= 0.6 is 0 Å². The van der Waals surface area contributed by atoms with E-state index in [4.69, 9.17) is 4.74 Å². The van der Waals surface area contributed by atoms with Gasteiger partial charge in [-0.2, -0.15) is 0 Å². The van der Waals surface area contributed by atoms with Gasteiger partial charge in [0.25, 0.3) is 0 Å². The van der Waals surface area contributed by atoms with Gasteiger partial charge in [0.05, 0.1) is 22.9 Å². The zero-order valence-corrected chi connectivity index (χ0v) is 20.0. The van der Waals surface area contributed by atoms with Crippen molar-refractivity contribution >= 4 is 23.3 Å². The van der Waals surface area contributed by atoms with Crippen molar-refractivity contribution in [3.63, 3.8) is 0 Å². The van der Waals surface area contributed by atoms with E-state index >= 15 is 4.39 Å². The van der Waals surface area contributed by atoms with Crippen molar-refractivity contribution in [3.8, 4) is 0 Å². The zero-order valence-electron chi connectivity index (χ0n) is 20.0. The van der Waals surface area contributed by atoms with Gasteiger partial charge in [-0.15, -0.1) is 0 Å². The van der Waals surface area contributed by atoms with Crippen molar-refractivity contribution in [2.45, 2.75) is 46.3 Å². The lowest BCUT2D eigenvalue weighted by molar-refractivity contribution is 0.0133. The Morgan fingerprint density at radius 3 is 1.91 bits per heavy atom. The van der Waals surface area contributed by atoms with Crippen LogP contribution in [0, 0.1) is 23.3 Å². The van der Waals surface area contributed by atoms with Crippen LogP contribution in [-0.4, -0.2) is 47.8 Å². The van der Waals surface area contributed by atoms with E-state index in [1.165, 1.54) is 9.80 Å². The number of carbonyl (C=O) groups is 3. The molecular formula is C25H26F4N2O4. The Kier molecular flexibility index (Phi) is 7.23. The van der Waals surface area contributed by atoms with Crippen LogP contribution in [0.1, 0.15) is 66.9 Å². The van der Waals surface area contributed by atoms with Crippen molar-refractivity contribution in [1.82, 2.24) is 4.90 Å². The summed E-state index contributed by atoms with van der Waals surface area (Å²) >= 11 is 0. The number of anilines is 1. The number of nitrogens with zero attached hydrogens (tertiary/aromatic N) is 2. The number of amides is 1. The molecule has 188 valence electrons. The molecule has 1 fully saturated rings. The minimum Gasteiger partial charge on any atom is -0.444 e.